The molecule has 0 aromatic heterocycles. The second-order valence-corrected chi connectivity index (χ2v) is 18.8. The van der Waals surface area contributed by atoms with Crippen LogP contribution in [-0.2, 0) is 20.8 Å². The number of allylic oxidation sites excluding steroid dienone is 1. The minimum atomic E-state index is -1.32. The normalized spacial score (nSPS) is 23.4. The second-order valence-electron chi connectivity index (χ2n) is 17.6. The van der Waals surface area contributed by atoms with Gasteiger partial charge >= 0.3 is 0 Å². The van der Waals surface area contributed by atoms with Crippen LogP contribution in [0, 0.1) is 17.8 Å². The van der Waals surface area contributed by atoms with E-state index in [0.29, 0.717) is 43.9 Å². The maximum absolute atomic E-state index is 14.9. The van der Waals surface area contributed by atoms with Crippen LogP contribution in [0.25, 0.3) is 0 Å². The number of hydrogen-bond donors (Lipinski definition) is 2. The first-order valence-electron chi connectivity index (χ1n) is 22.5. The Morgan fingerprint density at radius 3 is 2.48 bits per heavy atom. The highest BCUT2D eigenvalue weighted by Crippen LogP contribution is 2.62. The number of fused-ring (bicyclic) bond motifs is 2. The van der Waals surface area contributed by atoms with Gasteiger partial charge in [0.25, 0.3) is 0 Å². The third-order valence-electron chi connectivity index (χ3n) is 12.1. The highest BCUT2D eigenvalue weighted by molar-refractivity contribution is 7.99. The van der Waals surface area contributed by atoms with Crippen LogP contribution in [0.4, 0.5) is 0 Å². The predicted octanol–water partition coefficient (Wildman–Crippen LogP) is 9.78. The molecule has 1 aliphatic heterocycles. The second kappa shape index (κ2) is 22.4. The lowest BCUT2D eigenvalue weighted by atomic mass is 9.55. The van der Waals surface area contributed by atoms with E-state index in [1.54, 1.807) is 24.9 Å². The van der Waals surface area contributed by atoms with E-state index < -0.39 is 23.3 Å². The fraction of sp³-hybridized carbons (Fsp3) is 0.529. The van der Waals surface area contributed by atoms with Crippen LogP contribution in [0.3, 0.4) is 0 Å². The predicted molar refractivity (Wildman–Crippen MR) is 247 cm³/mol. The molecule has 62 heavy (non-hydrogen) atoms. The Labute approximate surface area is 373 Å². The molecule has 11 heteroatoms. The molecule has 1 amide bonds. The average Bonchev–Trinajstić information content (AvgIpc) is 3.27. The number of carbonyl (C=O) groups excluding carboxylic acids is 1. The molecule has 3 aromatic carbocycles. The Morgan fingerprint density at radius 2 is 1.77 bits per heavy atom. The van der Waals surface area contributed by atoms with Gasteiger partial charge in [-0.1, -0.05) is 67.4 Å². The van der Waals surface area contributed by atoms with Gasteiger partial charge in [-0.2, -0.15) is 0 Å². The Hall–Kier alpha value is -4.29. The highest BCUT2D eigenvalue weighted by atomic mass is 32.2. The lowest BCUT2D eigenvalue weighted by Crippen LogP contribution is -2.70. The number of aliphatic hydroxyl groups excluding tert-OH is 2. The molecular weight excluding hydrogens is 801 g/mol. The number of hydrogen-bond acceptors (Lipinski definition) is 10. The molecule has 0 spiro atoms. The van der Waals surface area contributed by atoms with Crippen molar-refractivity contribution in [3.8, 4) is 17.2 Å². The summed E-state index contributed by atoms with van der Waals surface area (Å²) in [6.07, 6.45) is 10.2. The van der Waals surface area contributed by atoms with E-state index in [9.17, 15) is 15.0 Å². The van der Waals surface area contributed by atoms with Crippen molar-refractivity contribution in [2.45, 2.75) is 114 Å². The molecule has 3 aromatic rings. The number of aliphatic hydroxyl groups is 2. The summed E-state index contributed by atoms with van der Waals surface area (Å²) < 4.78 is 26.6. The minimum Gasteiger partial charge on any atom is -0.497 e. The molecule has 2 aliphatic carbocycles. The van der Waals surface area contributed by atoms with Crippen molar-refractivity contribution in [1.82, 2.24) is 4.90 Å². The molecule has 1 saturated carbocycles. The van der Waals surface area contributed by atoms with E-state index in [4.69, 9.17) is 28.9 Å². The van der Waals surface area contributed by atoms with Crippen LogP contribution in [-0.4, -0.2) is 90.0 Å². The number of carbonyl (C=O) groups is 1. The molecular formula is C51H68N2O8S. The number of amides is 1. The molecule has 0 radical (unpaired) electrons. The molecule has 0 saturated heterocycles. The molecule has 6 rings (SSSR count). The van der Waals surface area contributed by atoms with Crippen molar-refractivity contribution in [3.63, 3.8) is 0 Å². The van der Waals surface area contributed by atoms with E-state index in [0.717, 1.165) is 66.0 Å². The SMILES string of the molecule is C=CCO[C@@]12Oc3ccc(OCCSc4ccccc4)cc3[C@H]3[C@H](CCCCO)[C@@H](CCCCO)C=C(C(=NOC(C)(C)C)C[C@@H]1N(CCC)C(=O)Cc1cccc(OC)c1)[C@H]32. The highest BCUT2D eigenvalue weighted by Gasteiger charge is 2.65. The molecule has 0 bridgehead atoms. The Kier molecular flexibility index (Phi) is 17.0. The maximum Gasteiger partial charge on any atom is 0.239 e. The molecule has 1 heterocycles. The van der Waals surface area contributed by atoms with Gasteiger partial charge in [0.05, 0.1) is 38.4 Å². The van der Waals surface area contributed by atoms with Crippen molar-refractivity contribution in [2.75, 3.05) is 45.8 Å². The van der Waals surface area contributed by atoms with Gasteiger partial charge in [0, 0.05) is 48.3 Å². The fourth-order valence-electron chi connectivity index (χ4n) is 9.52. The van der Waals surface area contributed by atoms with Gasteiger partial charge < -0.3 is 38.9 Å². The van der Waals surface area contributed by atoms with Crippen LogP contribution >= 0.6 is 11.8 Å². The summed E-state index contributed by atoms with van der Waals surface area (Å²) in [7, 11) is 1.63. The first-order chi connectivity index (χ1) is 30.0. The molecule has 2 N–H and O–H groups in total. The van der Waals surface area contributed by atoms with Gasteiger partial charge in [-0.15, -0.1) is 18.3 Å². The summed E-state index contributed by atoms with van der Waals surface area (Å²) >= 11 is 1.76. The molecule has 10 nitrogen and oxygen atoms in total. The van der Waals surface area contributed by atoms with Crippen LogP contribution in [0.5, 0.6) is 17.2 Å². The third-order valence-corrected chi connectivity index (χ3v) is 13.1. The number of nitrogens with zero attached hydrogens (tertiary/aromatic N) is 2. The van der Waals surface area contributed by atoms with E-state index >= 15 is 0 Å². The standard InChI is InChI=1S/C51H68N2O8S/c1-7-25-53(47(56)32-36-17-16-19-38(31-36)57-6)46-35-44(52-61-50(3,4)5)42-33-37(18-12-14-26-54)41(22-13-15-27-55)48-43-34-39(58-29-30-62-40-20-10-9-11-21-40)23-24-45(43)60-51(46,49(42)48)59-28-8-2/h8-11,16-17,19-21,23-24,31,33-34,37,41,46,48-49,54-55H,2,7,12-15,18,22,25-30,32,35H2,1,3-6H3/t37-,41+,46-,48+,49+,51+/m0/s1. The van der Waals surface area contributed by atoms with Gasteiger partial charge in [-0.25, -0.2) is 0 Å². The number of unbranched alkanes of at least 4 members (excludes halogenated alkanes) is 2. The summed E-state index contributed by atoms with van der Waals surface area (Å²) in [6.45, 7) is 13.6. The van der Waals surface area contributed by atoms with E-state index in [2.05, 4.69) is 37.8 Å². The summed E-state index contributed by atoms with van der Waals surface area (Å²) in [5, 5.41) is 24.9. The van der Waals surface area contributed by atoms with Crippen molar-refractivity contribution in [3.05, 3.63) is 108 Å². The van der Waals surface area contributed by atoms with E-state index in [-0.39, 0.29) is 49.9 Å². The Bertz CT molecular complexity index is 1980. The molecule has 0 unspecified atom stereocenters. The van der Waals surface area contributed by atoms with E-state index in [1.807, 2.05) is 80.3 Å². The van der Waals surface area contributed by atoms with Crippen molar-refractivity contribution < 1.29 is 38.8 Å². The number of benzene rings is 3. The number of thioether (sulfide) groups is 1. The van der Waals surface area contributed by atoms with Crippen LogP contribution in [0.1, 0.15) is 96.1 Å². The third kappa shape index (κ3) is 11.4. The molecule has 336 valence electrons. The van der Waals surface area contributed by atoms with Crippen molar-refractivity contribution in [1.29, 1.82) is 0 Å². The maximum atomic E-state index is 14.9. The van der Waals surface area contributed by atoms with Gasteiger partial charge in [0.2, 0.25) is 11.7 Å². The Morgan fingerprint density at radius 1 is 1.00 bits per heavy atom. The molecule has 6 atom stereocenters. The van der Waals surface area contributed by atoms with Crippen molar-refractivity contribution in [2.24, 2.45) is 22.9 Å². The first-order valence-corrected chi connectivity index (χ1v) is 23.5. The van der Waals surface area contributed by atoms with Crippen LogP contribution in [0.2, 0.25) is 0 Å². The fourth-order valence-corrected chi connectivity index (χ4v) is 10.3. The van der Waals surface area contributed by atoms with E-state index in [1.165, 1.54) is 4.90 Å². The van der Waals surface area contributed by atoms with Gasteiger partial charge in [-0.05, 0) is 118 Å². The number of rotatable bonds is 23. The summed E-state index contributed by atoms with van der Waals surface area (Å²) in [5.74, 6) is 1.30. The first kappa shape index (κ1) is 47.2. The van der Waals surface area contributed by atoms with Crippen LogP contribution in [0.15, 0.2) is 107 Å². The summed E-state index contributed by atoms with van der Waals surface area (Å²) in [4.78, 5) is 24.4. The number of ether oxygens (including phenoxy) is 4. The van der Waals surface area contributed by atoms with Gasteiger partial charge in [-0.3, -0.25) is 4.79 Å². The zero-order valence-electron chi connectivity index (χ0n) is 37.4. The minimum absolute atomic E-state index is 0.0459. The smallest absolute Gasteiger partial charge is 0.239 e. The Balaban J connectivity index is 1.52. The van der Waals surface area contributed by atoms with Gasteiger partial charge in [0.15, 0.2) is 0 Å². The summed E-state index contributed by atoms with van der Waals surface area (Å²) in [6, 6.07) is 23.6. The largest absolute Gasteiger partial charge is 0.497 e. The summed E-state index contributed by atoms with van der Waals surface area (Å²) in [5.41, 5.74) is 3.12. The lowest BCUT2D eigenvalue weighted by Gasteiger charge is -2.60. The average molecular weight is 869 g/mol. The van der Waals surface area contributed by atoms with Crippen LogP contribution < -0.4 is 14.2 Å². The zero-order chi connectivity index (χ0) is 44.1. The molecule has 1 fully saturated rings. The van der Waals surface area contributed by atoms with Crippen molar-refractivity contribution >= 4 is 23.4 Å². The lowest BCUT2D eigenvalue weighted by molar-refractivity contribution is -0.257. The molecule has 3 aliphatic rings. The van der Waals surface area contributed by atoms with Gasteiger partial charge in [0.1, 0.15) is 28.9 Å². The monoisotopic (exact) mass is 868 g/mol. The topological polar surface area (TPSA) is 119 Å². The number of oxime groups is 1. The number of methoxy groups -OCH3 is 1. The zero-order valence-corrected chi connectivity index (χ0v) is 38.2. The quantitative estimate of drug-likeness (QED) is 0.0416.